The van der Waals surface area contributed by atoms with Crippen molar-refractivity contribution in [3.05, 3.63) is 28.2 Å². The molecule has 1 aromatic rings. The minimum Gasteiger partial charge on any atom is -0.224 e. The molecule has 0 spiro atoms. The van der Waals surface area contributed by atoms with E-state index in [2.05, 4.69) is 15.9 Å². The van der Waals surface area contributed by atoms with Gasteiger partial charge in [-0.1, -0.05) is 6.92 Å². The van der Waals surface area contributed by atoms with Crippen molar-refractivity contribution in [3.8, 4) is 0 Å². The molecular weight excluding hydrogens is 278 g/mol. The summed E-state index contributed by atoms with van der Waals surface area (Å²) in [6.45, 7) is 1.44. The molecule has 0 fully saturated rings. The minimum atomic E-state index is -3.50. The van der Waals surface area contributed by atoms with Crippen molar-refractivity contribution >= 4 is 25.8 Å². The van der Waals surface area contributed by atoms with Gasteiger partial charge in [-0.25, -0.2) is 17.2 Å². The molecule has 1 rings (SSSR count). The van der Waals surface area contributed by atoms with E-state index in [9.17, 15) is 17.2 Å². The lowest BCUT2D eigenvalue weighted by molar-refractivity contribution is 0.500. The lowest BCUT2D eigenvalue weighted by Crippen LogP contribution is -2.05. The molecule has 2 nitrogen and oxygen atoms in total. The zero-order valence-electron chi connectivity index (χ0n) is 7.22. The second-order valence-electron chi connectivity index (χ2n) is 2.60. The van der Waals surface area contributed by atoms with Gasteiger partial charge in [0.15, 0.2) is 21.5 Å². The van der Waals surface area contributed by atoms with Gasteiger partial charge in [0, 0.05) is 0 Å². The Balaban J connectivity index is 3.41. The van der Waals surface area contributed by atoms with Gasteiger partial charge in [0.2, 0.25) is 0 Å². The molecule has 0 saturated heterocycles. The third-order valence-electron chi connectivity index (χ3n) is 1.70. The zero-order valence-corrected chi connectivity index (χ0v) is 9.62. The summed E-state index contributed by atoms with van der Waals surface area (Å²) in [7, 11) is -3.50. The molecule has 6 heteroatoms. The Morgan fingerprint density at radius 3 is 2.36 bits per heavy atom. The number of sulfone groups is 1. The van der Waals surface area contributed by atoms with Crippen molar-refractivity contribution in [3.63, 3.8) is 0 Å². The summed E-state index contributed by atoms with van der Waals surface area (Å²) in [5.41, 5.74) is 0. The lowest BCUT2D eigenvalue weighted by atomic mass is 10.3. The molecule has 0 aliphatic heterocycles. The Kier molecular flexibility index (Phi) is 3.26. The van der Waals surface area contributed by atoms with Gasteiger partial charge in [0.1, 0.15) is 0 Å². The average molecular weight is 285 g/mol. The van der Waals surface area contributed by atoms with E-state index in [4.69, 9.17) is 0 Å². The van der Waals surface area contributed by atoms with Crippen LogP contribution in [-0.2, 0) is 9.84 Å². The lowest BCUT2D eigenvalue weighted by Gasteiger charge is -2.03. The summed E-state index contributed by atoms with van der Waals surface area (Å²) < 4.78 is 48.0. The highest BCUT2D eigenvalue weighted by Crippen LogP contribution is 2.23. The van der Waals surface area contributed by atoms with Crippen molar-refractivity contribution in [2.45, 2.75) is 11.8 Å². The molecule has 0 bridgehead atoms. The minimum absolute atomic E-state index is 0.148. The first kappa shape index (κ1) is 11.6. The molecule has 14 heavy (non-hydrogen) atoms. The predicted octanol–water partition coefficient (Wildman–Crippen LogP) is 2.52. The van der Waals surface area contributed by atoms with Crippen LogP contribution >= 0.6 is 15.9 Å². The third kappa shape index (κ3) is 2.12. The monoisotopic (exact) mass is 284 g/mol. The SMILES string of the molecule is CCS(=O)(=O)c1cc(F)c(F)c(Br)c1. The largest absolute Gasteiger partial charge is 0.224 e. The summed E-state index contributed by atoms with van der Waals surface area (Å²) in [6.07, 6.45) is 0. The van der Waals surface area contributed by atoms with Crippen LogP contribution in [0, 0.1) is 11.6 Å². The van der Waals surface area contributed by atoms with Crippen LogP contribution in [0.25, 0.3) is 0 Å². The molecule has 0 N–H and O–H groups in total. The highest BCUT2D eigenvalue weighted by molar-refractivity contribution is 9.10. The molecule has 0 atom stereocenters. The van der Waals surface area contributed by atoms with E-state index >= 15 is 0 Å². The van der Waals surface area contributed by atoms with Gasteiger partial charge in [-0.2, -0.15) is 0 Å². The standard InChI is InChI=1S/C8H7BrF2O2S/c1-2-14(12,13)5-3-6(9)8(11)7(10)4-5/h3-4H,2H2,1H3. The van der Waals surface area contributed by atoms with Gasteiger partial charge >= 0.3 is 0 Å². The van der Waals surface area contributed by atoms with Crippen molar-refractivity contribution in [1.29, 1.82) is 0 Å². The first-order valence-corrected chi connectivity index (χ1v) is 6.20. The molecule has 78 valence electrons. The Morgan fingerprint density at radius 1 is 1.36 bits per heavy atom. The molecule has 0 aromatic heterocycles. The van der Waals surface area contributed by atoms with E-state index in [1.54, 1.807) is 0 Å². The predicted molar refractivity (Wildman–Crippen MR) is 51.8 cm³/mol. The molecular formula is C8H7BrF2O2S. The van der Waals surface area contributed by atoms with Gasteiger partial charge in [-0.3, -0.25) is 0 Å². The van der Waals surface area contributed by atoms with Gasteiger partial charge in [-0.05, 0) is 28.1 Å². The van der Waals surface area contributed by atoms with Crippen LogP contribution in [-0.4, -0.2) is 14.2 Å². The van der Waals surface area contributed by atoms with Crippen LogP contribution in [0.5, 0.6) is 0 Å². The fourth-order valence-corrected chi connectivity index (χ4v) is 2.38. The number of hydrogen-bond acceptors (Lipinski definition) is 2. The van der Waals surface area contributed by atoms with Gasteiger partial charge in [0.25, 0.3) is 0 Å². The third-order valence-corrected chi connectivity index (χ3v) is 3.99. The highest BCUT2D eigenvalue weighted by atomic mass is 79.9. The Bertz CT molecular complexity index is 433. The number of benzene rings is 1. The van der Waals surface area contributed by atoms with Gasteiger partial charge < -0.3 is 0 Å². The van der Waals surface area contributed by atoms with E-state index < -0.39 is 21.5 Å². The first-order chi connectivity index (χ1) is 6.38. The van der Waals surface area contributed by atoms with Crippen LogP contribution in [0.4, 0.5) is 8.78 Å². The van der Waals surface area contributed by atoms with Crippen molar-refractivity contribution in [1.82, 2.24) is 0 Å². The molecule has 0 saturated carbocycles. The van der Waals surface area contributed by atoms with E-state index in [0.717, 1.165) is 6.07 Å². The second-order valence-corrected chi connectivity index (χ2v) is 5.74. The average Bonchev–Trinajstić information content (AvgIpc) is 2.13. The molecule has 0 radical (unpaired) electrons. The fourth-order valence-electron chi connectivity index (χ4n) is 0.878. The van der Waals surface area contributed by atoms with Crippen LogP contribution in [0.1, 0.15) is 6.92 Å². The molecule has 0 aliphatic rings. The van der Waals surface area contributed by atoms with Crippen molar-refractivity contribution in [2.75, 3.05) is 5.75 Å². The molecule has 0 unspecified atom stereocenters. The van der Waals surface area contributed by atoms with Crippen molar-refractivity contribution in [2.24, 2.45) is 0 Å². The van der Waals surface area contributed by atoms with Gasteiger partial charge in [-0.15, -0.1) is 0 Å². The highest BCUT2D eigenvalue weighted by Gasteiger charge is 2.16. The van der Waals surface area contributed by atoms with E-state index in [1.165, 1.54) is 6.92 Å². The summed E-state index contributed by atoms with van der Waals surface area (Å²) in [6, 6.07) is 1.73. The Hall–Kier alpha value is -0.490. The summed E-state index contributed by atoms with van der Waals surface area (Å²) in [5, 5.41) is 0. The van der Waals surface area contributed by atoms with E-state index in [-0.39, 0.29) is 15.1 Å². The zero-order chi connectivity index (χ0) is 10.9. The number of hydrogen-bond donors (Lipinski definition) is 0. The normalized spacial score (nSPS) is 11.7. The summed E-state index contributed by atoms with van der Waals surface area (Å²) >= 11 is 2.74. The molecule has 0 amide bonds. The molecule has 0 aliphatic carbocycles. The van der Waals surface area contributed by atoms with Crippen LogP contribution in [0.3, 0.4) is 0 Å². The molecule has 1 aromatic carbocycles. The Morgan fingerprint density at radius 2 is 1.93 bits per heavy atom. The van der Waals surface area contributed by atoms with Crippen LogP contribution < -0.4 is 0 Å². The Labute approximate surface area is 89.0 Å². The molecule has 0 heterocycles. The van der Waals surface area contributed by atoms with Crippen molar-refractivity contribution < 1.29 is 17.2 Å². The van der Waals surface area contributed by atoms with Crippen LogP contribution in [0.15, 0.2) is 21.5 Å². The topological polar surface area (TPSA) is 34.1 Å². The van der Waals surface area contributed by atoms with Gasteiger partial charge in [0.05, 0.1) is 15.1 Å². The quantitative estimate of drug-likeness (QED) is 0.618. The summed E-state index contributed by atoms with van der Waals surface area (Å²) in [4.78, 5) is -0.217. The number of halogens is 3. The maximum absolute atomic E-state index is 12.8. The van der Waals surface area contributed by atoms with Crippen LogP contribution in [0.2, 0.25) is 0 Å². The maximum atomic E-state index is 12.8. The fraction of sp³-hybridized carbons (Fsp3) is 0.250. The second kappa shape index (κ2) is 3.94. The summed E-state index contributed by atoms with van der Waals surface area (Å²) in [5.74, 6) is -2.41. The number of rotatable bonds is 2. The first-order valence-electron chi connectivity index (χ1n) is 3.75. The van der Waals surface area contributed by atoms with E-state index in [0.29, 0.717) is 6.07 Å². The maximum Gasteiger partial charge on any atom is 0.178 e. The van der Waals surface area contributed by atoms with E-state index in [1.807, 2.05) is 0 Å². The smallest absolute Gasteiger partial charge is 0.178 e.